The second-order valence-corrected chi connectivity index (χ2v) is 6.84. The van der Waals surface area contributed by atoms with Gasteiger partial charge in [-0.2, -0.15) is 0 Å². The lowest BCUT2D eigenvalue weighted by Crippen LogP contribution is -2.41. The number of hydrogen-bond donors (Lipinski definition) is 2. The van der Waals surface area contributed by atoms with Gasteiger partial charge in [-0.05, 0) is 6.42 Å². The SMILES string of the molecule is CCCCCCCCCCCCNC(=O)NCC(=O)ON1C(=O)CCC1=O. The molecule has 1 aliphatic heterocycles. The van der Waals surface area contributed by atoms with Gasteiger partial charge in [-0.3, -0.25) is 9.59 Å². The van der Waals surface area contributed by atoms with Gasteiger partial charge in [0, 0.05) is 19.4 Å². The Hall–Kier alpha value is -2.12. The van der Waals surface area contributed by atoms with Gasteiger partial charge in [0.25, 0.3) is 11.8 Å². The van der Waals surface area contributed by atoms with E-state index >= 15 is 0 Å². The Balaban J connectivity index is 1.93. The van der Waals surface area contributed by atoms with Crippen molar-refractivity contribution in [1.82, 2.24) is 15.7 Å². The summed E-state index contributed by atoms with van der Waals surface area (Å²) in [6.07, 6.45) is 12.3. The van der Waals surface area contributed by atoms with E-state index in [1.54, 1.807) is 0 Å². The summed E-state index contributed by atoms with van der Waals surface area (Å²) in [5, 5.41) is 5.48. The van der Waals surface area contributed by atoms with Crippen molar-refractivity contribution in [3.63, 3.8) is 0 Å². The minimum atomic E-state index is -0.854. The molecule has 0 aromatic heterocycles. The third-order valence-corrected chi connectivity index (χ3v) is 4.41. The van der Waals surface area contributed by atoms with Crippen LogP contribution in [0.5, 0.6) is 0 Å². The van der Waals surface area contributed by atoms with Gasteiger partial charge in [0.2, 0.25) is 0 Å². The number of hydroxylamine groups is 2. The summed E-state index contributed by atoms with van der Waals surface area (Å²) in [5.41, 5.74) is 0. The van der Waals surface area contributed by atoms with E-state index in [2.05, 4.69) is 22.4 Å². The fourth-order valence-corrected chi connectivity index (χ4v) is 2.82. The third-order valence-electron chi connectivity index (χ3n) is 4.41. The van der Waals surface area contributed by atoms with Gasteiger partial charge in [-0.25, -0.2) is 9.59 Å². The number of unbranched alkanes of at least 4 members (excludes halogenated alkanes) is 9. The second-order valence-electron chi connectivity index (χ2n) is 6.84. The lowest BCUT2D eigenvalue weighted by Gasteiger charge is -2.13. The molecule has 0 aromatic carbocycles. The van der Waals surface area contributed by atoms with E-state index < -0.39 is 30.4 Å². The highest BCUT2D eigenvalue weighted by atomic mass is 16.7. The lowest BCUT2D eigenvalue weighted by molar-refractivity contribution is -0.196. The highest BCUT2D eigenvalue weighted by Gasteiger charge is 2.32. The fraction of sp³-hybridized carbons (Fsp3) is 0.789. The van der Waals surface area contributed by atoms with Crippen LogP contribution in [0.2, 0.25) is 0 Å². The van der Waals surface area contributed by atoms with Crippen LogP contribution in [0.3, 0.4) is 0 Å². The van der Waals surface area contributed by atoms with E-state index in [1.165, 1.54) is 51.4 Å². The van der Waals surface area contributed by atoms with Crippen molar-refractivity contribution in [2.45, 2.75) is 84.0 Å². The molecule has 1 rings (SSSR count). The molecule has 0 radical (unpaired) electrons. The molecule has 8 heteroatoms. The first-order valence-electron chi connectivity index (χ1n) is 10.1. The van der Waals surface area contributed by atoms with Crippen molar-refractivity contribution in [2.24, 2.45) is 0 Å². The molecule has 0 unspecified atom stereocenters. The second kappa shape index (κ2) is 14.0. The zero-order chi connectivity index (χ0) is 19.9. The Morgan fingerprint density at radius 3 is 1.93 bits per heavy atom. The number of carbonyl (C=O) groups excluding carboxylic acids is 4. The molecular formula is C19H33N3O5. The number of nitrogens with zero attached hydrogens (tertiary/aromatic N) is 1. The quantitative estimate of drug-likeness (QED) is 0.354. The van der Waals surface area contributed by atoms with Crippen LogP contribution < -0.4 is 10.6 Å². The number of nitrogens with one attached hydrogen (secondary N) is 2. The average Bonchev–Trinajstić information content (AvgIpc) is 2.96. The Labute approximate surface area is 161 Å². The van der Waals surface area contributed by atoms with Gasteiger partial charge in [-0.1, -0.05) is 64.7 Å². The van der Waals surface area contributed by atoms with Crippen LogP contribution in [0, 0.1) is 0 Å². The van der Waals surface area contributed by atoms with E-state index in [1.807, 2.05) is 0 Å². The van der Waals surface area contributed by atoms with E-state index in [0.717, 1.165) is 12.8 Å². The summed E-state index contributed by atoms with van der Waals surface area (Å²) in [6, 6.07) is -0.470. The fourth-order valence-electron chi connectivity index (χ4n) is 2.82. The van der Waals surface area contributed by atoms with Crippen LogP contribution in [0.1, 0.15) is 84.0 Å². The highest BCUT2D eigenvalue weighted by molar-refractivity contribution is 6.01. The van der Waals surface area contributed by atoms with Crippen molar-refractivity contribution in [3.8, 4) is 0 Å². The maximum Gasteiger partial charge on any atom is 0.352 e. The number of hydrogen-bond acceptors (Lipinski definition) is 5. The van der Waals surface area contributed by atoms with E-state index in [9.17, 15) is 19.2 Å². The monoisotopic (exact) mass is 383 g/mol. The van der Waals surface area contributed by atoms with Crippen molar-refractivity contribution >= 4 is 23.8 Å². The minimum Gasteiger partial charge on any atom is -0.338 e. The topological polar surface area (TPSA) is 105 Å². The van der Waals surface area contributed by atoms with Crippen molar-refractivity contribution < 1.29 is 24.0 Å². The van der Waals surface area contributed by atoms with Gasteiger partial charge in [0.15, 0.2) is 0 Å². The van der Waals surface area contributed by atoms with Crippen LogP contribution in [0.15, 0.2) is 0 Å². The van der Waals surface area contributed by atoms with Crippen LogP contribution in [-0.2, 0) is 19.2 Å². The molecule has 4 amide bonds. The first-order valence-corrected chi connectivity index (χ1v) is 10.1. The zero-order valence-electron chi connectivity index (χ0n) is 16.4. The highest BCUT2D eigenvalue weighted by Crippen LogP contribution is 2.12. The summed E-state index contributed by atoms with van der Waals surface area (Å²) in [4.78, 5) is 50.4. The van der Waals surface area contributed by atoms with E-state index in [0.29, 0.717) is 11.6 Å². The van der Waals surface area contributed by atoms with Crippen LogP contribution in [-0.4, -0.2) is 42.0 Å². The van der Waals surface area contributed by atoms with Crippen LogP contribution in [0.25, 0.3) is 0 Å². The summed E-state index contributed by atoms with van der Waals surface area (Å²) in [6.45, 7) is 2.36. The Kier molecular flexibility index (Phi) is 11.9. The predicted molar refractivity (Wildman–Crippen MR) is 100 cm³/mol. The Morgan fingerprint density at radius 1 is 0.852 bits per heavy atom. The van der Waals surface area contributed by atoms with Gasteiger partial charge in [0.1, 0.15) is 6.54 Å². The molecule has 27 heavy (non-hydrogen) atoms. The number of imide groups is 1. The number of urea groups is 1. The van der Waals surface area contributed by atoms with Crippen molar-refractivity contribution in [3.05, 3.63) is 0 Å². The molecule has 8 nitrogen and oxygen atoms in total. The summed E-state index contributed by atoms with van der Waals surface area (Å²) < 4.78 is 0. The van der Waals surface area contributed by atoms with Crippen LogP contribution in [0.4, 0.5) is 4.79 Å². The minimum absolute atomic E-state index is 0.0406. The van der Waals surface area contributed by atoms with Gasteiger partial charge in [-0.15, -0.1) is 5.06 Å². The molecule has 1 heterocycles. The van der Waals surface area contributed by atoms with Crippen molar-refractivity contribution in [2.75, 3.05) is 13.1 Å². The molecule has 0 atom stereocenters. The molecule has 0 saturated carbocycles. The van der Waals surface area contributed by atoms with Gasteiger partial charge in [0.05, 0.1) is 0 Å². The molecule has 0 spiro atoms. The molecule has 1 saturated heterocycles. The number of rotatable bonds is 14. The molecule has 154 valence electrons. The Morgan fingerprint density at radius 2 is 1.37 bits per heavy atom. The molecule has 2 N–H and O–H groups in total. The zero-order valence-corrected chi connectivity index (χ0v) is 16.4. The summed E-state index contributed by atoms with van der Waals surface area (Å²) in [5.74, 6) is -1.94. The predicted octanol–water partition coefficient (Wildman–Crippen LogP) is 2.81. The Bertz CT molecular complexity index is 480. The lowest BCUT2D eigenvalue weighted by atomic mass is 10.1. The molecule has 0 aliphatic carbocycles. The first-order chi connectivity index (χ1) is 13.0. The molecule has 0 aromatic rings. The summed E-state index contributed by atoms with van der Waals surface area (Å²) in [7, 11) is 0. The average molecular weight is 383 g/mol. The van der Waals surface area contributed by atoms with E-state index in [-0.39, 0.29) is 12.8 Å². The molecule has 1 fully saturated rings. The maximum atomic E-state index is 11.6. The van der Waals surface area contributed by atoms with Crippen LogP contribution >= 0.6 is 0 Å². The smallest absolute Gasteiger partial charge is 0.338 e. The first kappa shape index (κ1) is 22.9. The van der Waals surface area contributed by atoms with Gasteiger partial charge < -0.3 is 15.5 Å². The maximum absolute atomic E-state index is 11.6. The molecule has 0 bridgehead atoms. The normalized spacial score (nSPS) is 13.7. The summed E-state index contributed by atoms with van der Waals surface area (Å²) >= 11 is 0. The largest absolute Gasteiger partial charge is 0.352 e. The third kappa shape index (κ3) is 10.6. The molecule has 1 aliphatic rings. The number of amides is 4. The molecular weight excluding hydrogens is 350 g/mol. The number of carbonyl (C=O) groups is 4. The van der Waals surface area contributed by atoms with Gasteiger partial charge >= 0.3 is 12.0 Å². The van der Waals surface area contributed by atoms with E-state index in [4.69, 9.17) is 0 Å². The standard InChI is InChI=1S/C19H33N3O5/c1-2-3-4-5-6-7-8-9-10-11-14-20-19(26)21-15-18(25)27-22-16(23)12-13-17(22)24/h2-15H2,1H3,(H2,20,21,26). The van der Waals surface area contributed by atoms with Crippen molar-refractivity contribution in [1.29, 1.82) is 0 Å².